The maximum Gasteiger partial charge on any atom is 0.416 e. The van der Waals surface area contributed by atoms with Crippen molar-refractivity contribution in [1.82, 2.24) is 14.9 Å². The van der Waals surface area contributed by atoms with Crippen LogP contribution in [0.3, 0.4) is 0 Å². The highest BCUT2D eigenvalue weighted by atomic mass is 19.4. The molecule has 0 aliphatic carbocycles. The first-order valence-electron chi connectivity index (χ1n) is 15.5. The zero-order valence-corrected chi connectivity index (χ0v) is 26.8. The zero-order valence-electron chi connectivity index (χ0n) is 26.8. The van der Waals surface area contributed by atoms with Gasteiger partial charge in [-0.2, -0.15) is 13.2 Å². The number of benzene rings is 3. The molecule has 0 radical (unpaired) electrons. The molecule has 242 valence electrons. The van der Waals surface area contributed by atoms with Crippen LogP contribution in [0.2, 0.25) is 0 Å². The van der Waals surface area contributed by atoms with E-state index in [0.717, 1.165) is 72.3 Å². The summed E-state index contributed by atoms with van der Waals surface area (Å²) in [6.45, 7) is 13.9. The van der Waals surface area contributed by atoms with Crippen LogP contribution in [-0.2, 0) is 11.0 Å². The third-order valence-electron chi connectivity index (χ3n) is 8.46. The Hall–Kier alpha value is -4.51. The number of carbonyl (C=O) groups excluding carboxylic acids is 2. The van der Waals surface area contributed by atoms with Gasteiger partial charge in [0.1, 0.15) is 0 Å². The fraction of sp³-hybridized carbons (Fsp3) is 0.371. The smallest absolute Gasteiger partial charge is 0.354 e. The Kier molecular flexibility index (Phi) is 9.34. The Morgan fingerprint density at radius 1 is 1.04 bits per heavy atom. The Bertz CT molecular complexity index is 1770. The van der Waals surface area contributed by atoms with Gasteiger partial charge in [0.2, 0.25) is 11.9 Å². The number of amides is 2. The van der Waals surface area contributed by atoms with Gasteiger partial charge in [-0.15, -0.1) is 0 Å². The number of anilines is 3. The molecule has 0 bridgehead atoms. The molecule has 2 heterocycles. The van der Waals surface area contributed by atoms with Crippen molar-refractivity contribution in [1.29, 1.82) is 0 Å². The van der Waals surface area contributed by atoms with Crippen LogP contribution >= 0.6 is 0 Å². The first-order valence-corrected chi connectivity index (χ1v) is 15.5. The van der Waals surface area contributed by atoms with Crippen LogP contribution < -0.4 is 15.5 Å². The summed E-state index contributed by atoms with van der Waals surface area (Å²) in [5.41, 5.74) is 2.20. The fourth-order valence-electron chi connectivity index (χ4n) is 5.65. The molecule has 1 fully saturated rings. The van der Waals surface area contributed by atoms with E-state index in [1.165, 1.54) is 11.0 Å². The van der Waals surface area contributed by atoms with Gasteiger partial charge in [-0.3, -0.25) is 9.59 Å². The van der Waals surface area contributed by atoms with Crippen LogP contribution in [0.25, 0.3) is 22.0 Å². The molecular formula is C35H39F3N6O2. The number of carbonyl (C=O) groups is 2. The first-order chi connectivity index (χ1) is 21.8. The van der Waals surface area contributed by atoms with Crippen molar-refractivity contribution in [3.05, 3.63) is 77.5 Å². The number of aromatic nitrogens is 2. The van der Waals surface area contributed by atoms with Crippen molar-refractivity contribution in [2.45, 2.75) is 47.2 Å². The number of β-lactam (4-membered cyclic amide) rings is 1. The van der Waals surface area contributed by atoms with E-state index in [1.54, 1.807) is 38.2 Å². The summed E-state index contributed by atoms with van der Waals surface area (Å²) in [7, 11) is 0. The van der Waals surface area contributed by atoms with Gasteiger partial charge in [-0.05, 0) is 106 Å². The number of fused-ring (bicyclic) bond motifs is 1. The molecular weight excluding hydrogens is 593 g/mol. The lowest BCUT2D eigenvalue weighted by molar-refractivity contribution is -0.137. The molecule has 2 N–H and O–H groups in total. The molecule has 2 amide bonds. The topological polar surface area (TPSA) is 90.5 Å². The Morgan fingerprint density at radius 3 is 2.48 bits per heavy atom. The molecule has 1 aliphatic rings. The minimum Gasteiger partial charge on any atom is -0.354 e. The largest absolute Gasteiger partial charge is 0.416 e. The van der Waals surface area contributed by atoms with Crippen molar-refractivity contribution in [3.63, 3.8) is 0 Å². The van der Waals surface area contributed by atoms with E-state index in [9.17, 15) is 22.8 Å². The van der Waals surface area contributed by atoms with Gasteiger partial charge < -0.3 is 20.4 Å². The van der Waals surface area contributed by atoms with Gasteiger partial charge >= 0.3 is 6.18 Å². The number of alkyl halides is 3. The minimum absolute atomic E-state index is 0.0777. The Morgan fingerprint density at radius 2 is 1.80 bits per heavy atom. The van der Waals surface area contributed by atoms with Crippen molar-refractivity contribution in [3.8, 4) is 11.1 Å². The third-order valence-corrected chi connectivity index (χ3v) is 8.46. The molecule has 0 atom stereocenters. The molecule has 1 aromatic heterocycles. The average Bonchev–Trinajstić information content (AvgIpc) is 3.03. The number of aryl methyl sites for hydroxylation is 1. The van der Waals surface area contributed by atoms with E-state index in [1.807, 2.05) is 25.1 Å². The second kappa shape index (κ2) is 13.1. The highest BCUT2D eigenvalue weighted by Gasteiger charge is 2.46. The monoisotopic (exact) mass is 632 g/mol. The number of halogens is 3. The van der Waals surface area contributed by atoms with E-state index in [0.29, 0.717) is 12.5 Å². The number of nitrogens with one attached hydrogen (secondary N) is 2. The van der Waals surface area contributed by atoms with Gasteiger partial charge in [0.25, 0.3) is 5.91 Å². The zero-order chi connectivity index (χ0) is 33.2. The Balaban J connectivity index is 1.36. The van der Waals surface area contributed by atoms with Crippen LogP contribution in [0.4, 0.5) is 30.5 Å². The molecule has 0 unspecified atom stereocenters. The van der Waals surface area contributed by atoms with E-state index in [4.69, 9.17) is 0 Å². The molecule has 46 heavy (non-hydrogen) atoms. The second-order valence-corrected chi connectivity index (χ2v) is 12.3. The van der Waals surface area contributed by atoms with Crippen molar-refractivity contribution < 1.29 is 22.8 Å². The van der Waals surface area contributed by atoms with E-state index >= 15 is 0 Å². The average molecular weight is 633 g/mol. The van der Waals surface area contributed by atoms with Crippen molar-refractivity contribution in [2.75, 3.05) is 48.3 Å². The van der Waals surface area contributed by atoms with Crippen LogP contribution in [0.5, 0.6) is 0 Å². The predicted molar refractivity (Wildman–Crippen MR) is 176 cm³/mol. The Labute approximate surface area is 267 Å². The van der Waals surface area contributed by atoms with Gasteiger partial charge in [0, 0.05) is 30.2 Å². The molecule has 0 spiro atoms. The molecule has 1 aliphatic heterocycles. The number of hydrogen-bond donors (Lipinski definition) is 2. The quantitative estimate of drug-likeness (QED) is 0.132. The lowest BCUT2D eigenvalue weighted by Gasteiger charge is -2.45. The predicted octanol–water partition coefficient (Wildman–Crippen LogP) is 7.39. The summed E-state index contributed by atoms with van der Waals surface area (Å²) in [6, 6.07) is 13.9. The summed E-state index contributed by atoms with van der Waals surface area (Å²) in [5.74, 6) is -0.249. The van der Waals surface area contributed by atoms with Crippen LogP contribution in [0, 0.1) is 12.3 Å². The molecule has 11 heteroatoms. The summed E-state index contributed by atoms with van der Waals surface area (Å²) < 4.78 is 40.8. The molecule has 5 rings (SSSR count). The van der Waals surface area contributed by atoms with Crippen LogP contribution in [-0.4, -0.2) is 59.4 Å². The number of hydrogen-bond acceptors (Lipinski definition) is 6. The van der Waals surface area contributed by atoms with Gasteiger partial charge in [0.05, 0.1) is 27.9 Å². The van der Waals surface area contributed by atoms with Crippen LogP contribution in [0.15, 0.2) is 60.8 Å². The number of nitrogens with zero attached hydrogens (tertiary/aromatic N) is 4. The first kappa shape index (κ1) is 32.9. The second-order valence-electron chi connectivity index (χ2n) is 12.3. The standard InChI is InChI=1S/C35H39F3N6O2/c1-6-43(7-2)16-8-15-39-33-40-20-25-17-23(11-13-28(25)42-33)27-18-24(10-9-22(27)3)31(45)41-29-19-26(35(36,37)38)12-14-30(29)44-21-34(4,5)32(44)46/h9-14,17-20H,6-8,15-16,21H2,1-5H3,(H,41,45)(H,39,40,42). The highest BCUT2D eigenvalue weighted by Crippen LogP contribution is 2.41. The van der Waals surface area contributed by atoms with Crippen LogP contribution in [0.1, 0.15) is 55.6 Å². The van der Waals surface area contributed by atoms with Gasteiger partial charge in [-0.1, -0.05) is 26.0 Å². The van der Waals surface area contributed by atoms with Crippen molar-refractivity contribution >= 4 is 40.0 Å². The van der Waals surface area contributed by atoms with Gasteiger partial charge in [0.15, 0.2) is 0 Å². The summed E-state index contributed by atoms with van der Waals surface area (Å²) in [4.78, 5) is 39.0. The van der Waals surface area contributed by atoms with Crippen molar-refractivity contribution in [2.24, 2.45) is 5.41 Å². The van der Waals surface area contributed by atoms with E-state index < -0.39 is 23.1 Å². The molecule has 1 saturated heterocycles. The molecule has 8 nitrogen and oxygen atoms in total. The van der Waals surface area contributed by atoms with E-state index in [2.05, 4.69) is 39.3 Å². The molecule has 3 aromatic carbocycles. The van der Waals surface area contributed by atoms with Gasteiger partial charge in [-0.25, -0.2) is 9.97 Å². The SMILES string of the molecule is CCN(CC)CCCNc1ncc2cc(-c3cc(C(=O)Nc4cc(C(F)(F)F)ccc4N4CC(C)(C)C4=O)ccc3C)ccc2n1. The fourth-order valence-corrected chi connectivity index (χ4v) is 5.65. The lowest BCUT2D eigenvalue weighted by atomic mass is 9.82. The van der Waals surface area contributed by atoms with E-state index in [-0.39, 0.29) is 22.8 Å². The summed E-state index contributed by atoms with van der Waals surface area (Å²) in [6.07, 6.45) is -1.87. The summed E-state index contributed by atoms with van der Waals surface area (Å²) >= 11 is 0. The lowest BCUT2D eigenvalue weighted by Crippen LogP contribution is -2.58. The normalized spacial score (nSPS) is 14.5. The number of rotatable bonds is 11. The minimum atomic E-state index is -4.62. The maximum atomic E-state index is 13.6. The third kappa shape index (κ3) is 6.99. The molecule has 0 saturated carbocycles. The maximum absolute atomic E-state index is 13.6. The molecule has 4 aromatic rings. The highest BCUT2D eigenvalue weighted by molar-refractivity contribution is 6.11. The summed E-state index contributed by atoms with van der Waals surface area (Å²) in [5, 5.41) is 6.77.